The molecule has 0 radical (unpaired) electrons. The number of benzene rings is 1. The Balaban J connectivity index is 2.07. The van der Waals surface area contributed by atoms with Crippen molar-refractivity contribution in [2.24, 2.45) is 5.73 Å². The number of pyridine rings is 1. The summed E-state index contributed by atoms with van der Waals surface area (Å²) >= 11 is 0. The van der Waals surface area contributed by atoms with Gasteiger partial charge >= 0.3 is 0 Å². The Labute approximate surface area is 148 Å². The molecule has 0 saturated carbocycles. The van der Waals surface area contributed by atoms with Gasteiger partial charge in [0.25, 0.3) is 5.91 Å². The number of nitrogens with one attached hydrogen (secondary N) is 2. The van der Waals surface area contributed by atoms with Crippen LogP contribution in [0.4, 0.5) is 11.5 Å². The summed E-state index contributed by atoms with van der Waals surface area (Å²) in [6.45, 7) is 5.17. The van der Waals surface area contributed by atoms with Gasteiger partial charge in [-0.25, -0.2) is 4.98 Å². The lowest BCUT2D eigenvalue weighted by Crippen LogP contribution is -2.33. The fourth-order valence-electron chi connectivity index (χ4n) is 2.42. The summed E-state index contributed by atoms with van der Waals surface area (Å²) < 4.78 is 5.43. The van der Waals surface area contributed by atoms with Crippen LogP contribution in [0.1, 0.15) is 37.0 Å². The molecule has 0 bridgehead atoms. The van der Waals surface area contributed by atoms with Crippen molar-refractivity contribution in [2.75, 3.05) is 18.5 Å². The maximum absolute atomic E-state index is 12.5. The summed E-state index contributed by atoms with van der Waals surface area (Å²) in [5.74, 6) is 1.18. The van der Waals surface area contributed by atoms with Crippen molar-refractivity contribution in [1.29, 1.82) is 0 Å². The average Bonchev–Trinajstić information content (AvgIpc) is 2.62. The van der Waals surface area contributed by atoms with Gasteiger partial charge in [0.05, 0.1) is 12.2 Å². The Morgan fingerprint density at radius 3 is 2.72 bits per heavy atom. The van der Waals surface area contributed by atoms with Crippen LogP contribution in [0, 0.1) is 0 Å². The lowest BCUT2D eigenvalue weighted by Gasteiger charge is -2.15. The van der Waals surface area contributed by atoms with Gasteiger partial charge in [0.2, 0.25) is 0 Å². The summed E-state index contributed by atoms with van der Waals surface area (Å²) in [5, 5.41) is 6.18. The van der Waals surface area contributed by atoms with Crippen molar-refractivity contribution in [3.05, 3.63) is 48.2 Å². The van der Waals surface area contributed by atoms with E-state index in [1.54, 1.807) is 18.3 Å². The third-order valence-corrected chi connectivity index (χ3v) is 3.70. The molecule has 134 valence electrons. The van der Waals surface area contributed by atoms with Crippen LogP contribution in [0.5, 0.6) is 5.75 Å². The topological polar surface area (TPSA) is 89.3 Å². The molecular formula is C19H26N4O2. The molecule has 1 unspecified atom stereocenters. The zero-order valence-electron chi connectivity index (χ0n) is 14.8. The molecule has 1 amide bonds. The van der Waals surface area contributed by atoms with E-state index >= 15 is 0 Å². The predicted molar refractivity (Wildman–Crippen MR) is 100 cm³/mol. The number of hydrogen-bond acceptors (Lipinski definition) is 5. The van der Waals surface area contributed by atoms with E-state index in [1.807, 2.05) is 38.1 Å². The number of ether oxygens (including phenoxy) is 1. The van der Waals surface area contributed by atoms with Crippen molar-refractivity contribution in [3.63, 3.8) is 0 Å². The van der Waals surface area contributed by atoms with Gasteiger partial charge in [-0.05, 0) is 69.6 Å². The average molecular weight is 342 g/mol. The molecule has 2 rings (SSSR count). The highest BCUT2D eigenvalue weighted by Crippen LogP contribution is 2.21. The number of anilines is 2. The van der Waals surface area contributed by atoms with Crippen molar-refractivity contribution in [3.8, 4) is 5.75 Å². The normalized spacial score (nSPS) is 11.6. The van der Waals surface area contributed by atoms with Crippen LogP contribution in [0.25, 0.3) is 0 Å². The van der Waals surface area contributed by atoms with Crippen LogP contribution in [0.15, 0.2) is 42.6 Å². The Hall–Kier alpha value is -2.60. The largest absolute Gasteiger partial charge is 0.494 e. The molecule has 2 aromatic rings. The number of amides is 1. The molecule has 0 aliphatic rings. The van der Waals surface area contributed by atoms with E-state index in [0.717, 1.165) is 24.3 Å². The van der Waals surface area contributed by atoms with E-state index in [4.69, 9.17) is 10.5 Å². The Kier molecular flexibility index (Phi) is 7.22. The molecule has 4 N–H and O–H groups in total. The van der Waals surface area contributed by atoms with Crippen molar-refractivity contribution >= 4 is 17.4 Å². The second-order valence-electron chi connectivity index (χ2n) is 5.79. The van der Waals surface area contributed by atoms with Crippen LogP contribution in [0.2, 0.25) is 0 Å². The highest BCUT2D eigenvalue weighted by molar-refractivity contribution is 5.99. The van der Waals surface area contributed by atoms with Gasteiger partial charge in [0.15, 0.2) is 0 Å². The fourth-order valence-corrected chi connectivity index (χ4v) is 2.42. The van der Waals surface area contributed by atoms with Crippen molar-refractivity contribution < 1.29 is 9.53 Å². The van der Waals surface area contributed by atoms with E-state index in [-0.39, 0.29) is 11.9 Å². The lowest BCUT2D eigenvalue weighted by atomic mass is 10.1. The standard InChI is InChI=1S/C19H26N4O2/c1-3-25-16-10-8-15(9-11-16)23-18-17(7-5-13-21-18)19(24)22-14(2)6-4-12-20/h5,7-11,13-14H,3-4,6,12,20H2,1-2H3,(H,21,23)(H,22,24). The SMILES string of the molecule is CCOc1ccc(Nc2ncccc2C(=O)NC(C)CCCN)cc1. The van der Waals surface area contributed by atoms with Crippen LogP contribution >= 0.6 is 0 Å². The summed E-state index contributed by atoms with van der Waals surface area (Å²) in [4.78, 5) is 16.8. The number of aromatic nitrogens is 1. The van der Waals surface area contributed by atoms with Gasteiger partial charge in [-0.1, -0.05) is 0 Å². The van der Waals surface area contributed by atoms with Gasteiger partial charge in [-0.15, -0.1) is 0 Å². The Bertz CT molecular complexity index is 673. The van der Waals surface area contributed by atoms with Crippen LogP contribution in [-0.4, -0.2) is 30.1 Å². The maximum Gasteiger partial charge on any atom is 0.255 e. The minimum atomic E-state index is -0.147. The van der Waals surface area contributed by atoms with E-state index in [2.05, 4.69) is 15.6 Å². The number of carbonyl (C=O) groups excluding carboxylic acids is 1. The molecule has 0 spiro atoms. The Morgan fingerprint density at radius 1 is 1.28 bits per heavy atom. The number of carbonyl (C=O) groups is 1. The molecule has 0 saturated heterocycles. The molecule has 6 nitrogen and oxygen atoms in total. The molecule has 1 atom stereocenters. The number of nitrogens with two attached hydrogens (primary N) is 1. The van der Waals surface area contributed by atoms with Crippen molar-refractivity contribution in [1.82, 2.24) is 10.3 Å². The van der Waals surface area contributed by atoms with E-state index in [1.165, 1.54) is 0 Å². The van der Waals surface area contributed by atoms with Crippen LogP contribution in [0.3, 0.4) is 0 Å². The van der Waals surface area contributed by atoms with Crippen molar-refractivity contribution in [2.45, 2.75) is 32.7 Å². The molecule has 0 aliphatic heterocycles. The second kappa shape index (κ2) is 9.64. The summed E-state index contributed by atoms with van der Waals surface area (Å²) in [6.07, 6.45) is 3.39. The van der Waals surface area contributed by atoms with Crippen LogP contribution in [-0.2, 0) is 0 Å². The fraction of sp³-hybridized carbons (Fsp3) is 0.368. The number of nitrogens with zero attached hydrogens (tertiary/aromatic N) is 1. The van der Waals surface area contributed by atoms with Gasteiger partial charge in [-0.3, -0.25) is 4.79 Å². The first-order valence-corrected chi connectivity index (χ1v) is 8.60. The zero-order chi connectivity index (χ0) is 18.1. The monoisotopic (exact) mass is 342 g/mol. The molecule has 1 aromatic heterocycles. The molecule has 6 heteroatoms. The van der Waals surface area contributed by atoms with Gasteiger partial charge < -0.3 is 21.1 Å². The maximum atomic E-state index is 12.5. The summed E-state index contributed by atoms with van der Waals surface area (Å²) in [6, 6.07) is 11.1. The third kappa shape index (κ3) is 5.76. The molecular weight excluding hydrogens is 316 g/mol. The predicted octanol–water partition coefficient (Wildman–Crippen LogP) is 3.08. The zero-order valence-corrected chi connectivity index (χ0v) is 14.8. The summed E-state index contributed by atoms with van der Waals surface area (Å²) in [5.41, 5.74) is 6.87. The first kappa shape index (κ1) is 18.7. The quantitative estimate of drug-likeness (QED) is 0.652. The summed E-state index contributed by atoms with van der Waals surface area (Å²) in [7, 11) is 0. The second-order valence-corrected chi connectivity index (χ2v) is 5.79. The first-order valence-electron chi connectivity index (χ1n) is 8.60. The van der Waals surface area contributed by atoms with Gasteiger partial charge in [-0.2, -0.15) is 0 Å². The third-order valence-electron chi connectivity index (χ3n) is 3.70. The van der Waals surface area contributed by atoms with E-state index in [0.29, 0.717) is 24.5 Å². The highest BCUT2D eigenvalue weighted by Gasteiger charge is 2.14. The highest BCUT2D eigenvalue weighted by atomic mass is 16.5. The number of rotatable bonds is 9. The first-order chi connectivity index (χ1) is 12.1. The van der Waals surface area contributed by atoms with E-state index in [9.17, 15) is 4.79 Å². The van der Waals surface area contributed by atoms with Gasteiger partial charge in [0, 0.05) is 17.9 Å². The molecule has 0 aliphatic carbocycles. The van der Waals surface area contributed by atoms with Crippen LogP contribution < -0.4 is 21.1 Å². The lowest BCUT2D eigenvalue weighted by molar-refractivity contribution is 0.0938. The molecule has 1 heterocycles. The van der Waals surface area contributed by atoms with E-state index < -0.39 is 0 Å². The molecule has 25 heavy (non-hydrogen) atoms. The molecule has 1 aromatic carbocycles. The smallest absolute Gasteiger partial charge is 0.255 e. The Morgan fingerprint density at radius 2 is 2.04 bits per heavy atom. The number of hydrogen-bond donors (Lipinski definition) is 3. The minimum Gasteiger partial charge on any atom is -0.494 e. The molecule has 0 fully saturated rings. The minimum absolute atomic E-state index is 0.0644. The van der Waals surface area contributed by atoms with Gasteiger partial charge in [0.1, 0.15) is 11.6 Å².